The van der Waals surface area contributed by atoms with Crippen molar-refractivity contribution in [3.8, 4) is 11.4 Å². The van der Waals surface area contributed by atoms with Gasteiger partial charge in [0.25, 0.3) is 0 Å². The molecule has 1 aromatic heterocycles. The highest BCUT2D eigenvalue weighted by Crippen LogP contribution is 2.27. The molecule has 0 spiro atoms. The molecule has 32 heavy (non-hydrogen) atoms. The van der Waals surface area contributed by atoms with E-state index in [0.29, 0.717) is 25.3 Å². The number of hydrogen-bond acceptors (Lipinski definition) is 4. The largest absolute Gasteiger partial charge is 0.355 e. The fraction of sp³-hybridized carbons (Fsp3) is 0.222. The summed E-state index contributed by atoms with van der Waals surface area (Å²) < 4.78 is 0. The van der Waals surface area contributed by atoms with E-state index in [-0.39, 0.29) is 5.91 Å². The monoisotopic (exact) mass is 424 g/mol. The number of rotatable bonds is 9. The van der Waals surface area contributed by atoms with Gasteiger partial charge in [-0.3, -0.25) is 4.79 Å². The van der Waals surface area contributed by atoms with Crippen molar-refractivity contribution in [2.24, 2.45) is 0 Å². The Morgan fingerprint density at radius 1 is 0.844 bits per heavy atom. The summed E-state index contributed by atoms with van der Waals surface area (Å²) in [5.74, 6) is 1.62. The summed E-state index contributed by atoms with van der Waals surface area (Å²) in [6.45, 7) is 4.11. The van der Waals surface area contributed by atoms with Gasteiger partial charge in [-0.2, -0.15) is 0 Å². The molecule has 0 aliphatic heterocycles. The third-order valence-electron chi connectivity index (χ3n) is 5.35. The topological polar surface area (TPSA) is 58.1 Å². The maximum Gasteiger partial charge on any atom is 0.222 e. The Labute approximate surface area is 189 Å². The lowest BCUT2D eigenvalue weighted by Crippen LogP contribution is -2.32. The van der Waals surface area contributed by atoms with Gasteiger partial charge in [0.05, 0.1) is 5.52 Å². The number of carbonyl (C=O) groups excluding carboxylic acids is 1. The quantitative estimate of drug-likeness (QED) is 0.400. The van der Waals surface area contributed by atoms with E-state index in [4.69, 9.17) is 9.97 Å². The summed E-state index contributed by atoms with van der Waals surface area (Å²) in [7, 11) is 0. The van der Waals surface area contributed by atoms with Crippen LogP contribution in [0.1, 0.15) is 25.3 Å². The van der Waals surface area contributed by atoms with E-state index >= 15 is 0 Å². The van der Waals surface area contributed by atoms with Crippen LogP contribution in [0.25, 0.3) is 22.3 Å². The molecule has 0 radical (unpaired) electrons. The lowest BCUT2D eigenvalue weighted by atomic mass is 10.1. The van der Waals surface area contributed by atoms with E-state index in [9.17, 15) is 4.79 Å². The van der Waals surface area contributed by atoms with E-state index in [1.165, 1.54) is 0 Å². The van der Waals surface area contributed by atoms with Gasteiger partial charge in [0.1, 0.15) is 5.82 Å². The van der Waals surface area contributed by atoms with Crippen LogP contribution in [0.5, 0.6) is 0 Å². The zero-order valence-corrected chi connectivity index (χ0v) is 18.4. The fourth-order valence-corrected chi connectivity index (χ4v) is 3.73. The maximum absolute atomic E-state index is 12.5. The third-order valence-corrected chi connectivity index (χ3v) is 5.35. The predicted octanol–water partition coefficient (Wildman–Crippen LogP) is 5.22. The number of carbonyl (C=O) groups is 1. The van der Waals surface area contributed by atoms with Crippen molar-refractivity contribution in [2.75, 3.05) is 18.0 Å². The normalized spacial score (nSPS) is 10.8. The number of para-hydroxylation sites is 1. The van der Waals surface area contributed by atoms with Gasteiger partial charge in [-0.25, -0.2) is 9.97 Å². The summed E-state index contributed by atoms with van der Waals surface area (Å²) >= 11 is 0. The van der Waals surface area contributed by atoms with Crippen LogP contribution in [0.2, 0.25) is 0 Å². The number of nitrogens with zero attached hydrogens (tertiary/aromatic N) is 3. The molecule has 1 amide bonds. The van der Waals surface area contributed by atoms with Crippen molar-refractivity contribution >= 4 is 22.6 Å². The molecule has 0 saturated heterocycles. The zero-order valence-electron chi connectivity index (χ0n) is 18.4. The number of aromatic nitrogens is 2. The Morgan fingerprint density at radius 2 is 1.53 bits per heavy atom. The molecule has 0 atom stereocenters. The highest BCUT2D eigenvalue weighted by Gasteiger charge is 2.16. The SMILES string of the molecule is CCCN(CCC(=O)NCc1ccccc1)c1nc(-c2ccccc2)nc2ccccc12. The number of hydrogen-bond donors (Lipinski definition) is 1. The van der Waals surface area contributed by atoms with Crippen molar-refractivity contribution in [1.82, 2.24) is 15.3 Å². The molecule has 5 heteroatoms. The fourth-order valence-electron chi connectivity index (χ4n) is 3.73. The molecule has 0 saturated carbocycles. The molecule has 1 N–H and O–H groups in total. The van der Waals surface area contributed by atoms with E-state index < -0.39 is 0 Å². The summed E-state index contributed by atoms with van der Waals surface area (Å²) in [6.07, 6.45) is 1.37. The van der Waals surface area contributed by atoms with E-state index in [2.05, 4.69) is 23.2 Å². The summed E-state index contributed by atoms with van der Waals surface area (Å²) in [6, 6.07) is 28.1. The molecule has 3 aromatic carbocycles. The minimum atomic E-state index is 0.0385. The smallest absolute Gasteiger partial charge is 0.222 e. The van der Waals surface area contributed by atoms with Crippen LogP contribution >= 0.6 is 0 Å². The summed E-state index contributed by atoms with van der Waals surface area (Å²) in [5.41, 5.74) is 2.99. The minimum absolute atomic E-state index is 0.0385. The second-order valence-electron chi connectivity index (χ2n) is 7.75. The zero-order chi connectivity index (χ0) is 22.2. The van der Waals surface area contributed by atoms with Gasteiger partial charge < -0.3 is 10.2 Å². The molecule has 4 aromatic rings. The second kappa shape index (κ2) is 10.5. The molecular weight excluding hydrogens is 396 g/mol. The molecule has 0 bridgehead atoms. The van der Waals surface area contributed by atoms with Crippen molar-refractivity contribution in [3.05, 3.63) is 90.5 Å². The van der Waals surface area contributed by atoms with Crippen molar-refractivity contribution < 1.29 is 4.79 Å². The lowest BCUT2D eigenvalue weighted by molar-refractivity contribution is -0.121. The van der Waals surface area contributed by atoms with Crippen LogP contribution in [-0.4, -0.2) is 29.0 Å². The first-order valence-corrected chi connectivity index (χ1v) is 11.1. The number of anilines is 1. The van der Waals surface area contributed by atoms with Crippen molar-refractivity contribution in [1.29, 1.82) is 0 Å². The maximum atomic E-state index is 12.5. The van der Waals surface area contributed by atoms with Gasteiger partial charge >= 0.3 is 0 Å². The van der Waals surface area contributed by atoms with Crippen molar-refractivity contribution in [2.45, 2.75) is 26.3 Å². The van der Waals surface area contributed by atoms with Gasteiger partial charge in [0.2, 0.25) is 5.91 Å². The van der Waals surface area contributed by atoms with Gasteiger partial charge in [0.15, 0.2) is 5.82 Å². The van der Waals surface area contributed by atoms with E-state index in [0.717, 1.165) is 40.8 Å². The summed E-state index contributed by atoms with van der Waals surface area (Å²) in [5, 5.41) is 4.03. The van der Waals surface area contributed by atoms with Crippen LogP contribution < -0.4 is 10.2 Å². The Balaban J connectivity index is 1.55. The van der Waals surface area contributed by atoms with Crippen LogP contribution in [0.3, 0.4) is 0 Å². The Morgan fingerprint density at radius 3 is 2.28 bits per heavy atom. The van der Waals surface area contributed by atoms with Crippen LogP contribution in [0.4, 0.5) is 5.82 Å². The number of nitrogens with one attached hydrogen (secondary N) is 1. The molecule has 162 valence electrons. The van der Waals surface area contributed by atoms with Crippen LogP contribution in [0, 0.1) is 0 Å². The molecule has 4 rings (SSSR count). The third kappa shape index (κ3) is 5.30. The average molecular weight is 425 g/mol. The molecular formula is C27H28N4O. The number of benzene rings is 3. The lowest BCUT2D eigenvalue weighted by Gasteiger charge is -2.25. The average Bonchev–Trinajstić information content (AvgIpc) is 2.86. The molecule has 0 unspecified atom stereocenters. The van der Waals surface area contributed by atoms with Gasteiger partial charge in [0, 0.05) is 37.0 Å². The Kier molecular flexibility index (Phi) is 7.08. The minimum Gasteiger partial charge on any atom is -0.355 e. The second-order valence-corrected chi connectivity index (χ2v) is 7.75. The van der Waals surface area contributed by atoms with Gasteiger partial charge in [-0.1, -0.05) is 79.7 Å². The number of amides is 1. The first-order chi connectivity index (χ1) is 15.7. The standard InChI is InChI=1S/C27H28N4O/c1-2-18-31(19-17-25(32)28-20-21-11-5-3-6-12-21)27-23-15-9-10-16-24(23)29-26(30-27)22-13-7-4-8-14-22/h3-16H,2,17-20H2,1H3,(H,28,32). The Hall–Kier alpha value is -3.73. The first kappa shape index (κ1) is 21.5. The molecule has 1 heterocycles. The van der Waals surface area contributed by atoms with E-state index in [1.54, 1.807) is 0 Å². The van der Waals surface area contributed by atoms with Gasteiger partial charge in [-0.05, 0) is 24.1 Å². The highest BCUT2D eigenvalue weighted by atomic mass is 16.1. The molecule has 0 aliphatic carbocycles. The highest BCUT2D eigenvalue weighted by molar-refractivity contribution is 5.91. The first-order valence-electron chi connectivity index (χ1n) is 11.1. The molecule has 0 aliphatic rings. The van der Waals surface area contributed by atoms with Gasteiger partial charge in [-0.15, -0.1) is 0 Å². The van der Waals surface area contributed by atoms with E-state index in [1.807, 2.05) is 78.9 Å². The Bertz CT molecular complexity index is 1160. The molecule has 5 nitrogen and oxygen atoms in total. The van der Waals surface area contributed by atoms with Crippen molar-refractivity contribution in [3.63, 3.8) is 0 Å². The molecule has 0 fully saturated rings. The number of fused-ring (bicyclic) bond motifs is 1. The van der Waals surface area contributed by atoms with Crippen LogP contribution in [0.15, 0.2) is 84.9 Å². The predicted molar refractivity (Wildman–Crippen MR) is 130 cm³/mol. The van der Waals surface area contributed by atoms with Crippen LogP contribution in [-0.2, 0) is 11.3 Å². The summed E-state index contributed by atoms with van der Waals surface area (Å²) in [4.78, 5) is 24.5.